The van der Waals surface area contributed by atoms with Crippen LogP contribution in [0.3, 0.4) is 0 Å². The SMILES string of the molecule is CCCCOCCNc1ccc(F)cc1Cl. The summed E-state index contributed by atoms with van der Waals surface area (Å²) in [5.41, 5.74) is 0.738. The summed E-state index contributed by atoms with van der Waals surface area (Å²) >= 11 is 5.85. The van der Waals surface area contributed by atoms with Crippen LogP contribution in [0.15, 0.2) is 18.2 Å². The van der Waals surface area contributed by atoms with Gasteiger partial charge in [-0.05, 0) is 24.6 Å². The Morgan fingerprint density at radius 3 is 2.88 bits per heavy atom. The molecule has 0 unspecified atom stereocenters. The number of nitrogens with one attached hydrogen (secondary N) is 1. The maximum Gasteiger partial charge on any atom is 0.124 e. The van der Waals surface area contributed by atoms with Gasteiger partial charge in [0.15, 0.2) is 0 Å². The standard InChI is InChI=1S/C12H17ClFNO/c1-2-3-7-16-8-6-15-12-5-4-10(14)9-11(12)13/h4-5,9,15H,2-3,6-8H2,1H3. The van der Waals surface area contributed by atoms with Gasteiger partial charge in [0.1, 0.15) is 5.82 Å². The van der Waals surface area contributed by atoms with Gasteiger partial charge in [0.05, 0.1) is 17.3 Å². The Hall–Kier alpha value is -0.800. The second kappa shape index (κ2) is 7.47. The van der Waals surface area contributed by atoms with Crippen LogP contribution in [0.4, 0.5) is 10.1 Å². The lowest BCUT2D eigenvalue weighted by Crippen LogP contribution is -2.10. The minimum Gasteiger partial charge on any atom is -0.382 e. The second-order valence-electron chi connectivity index (χ2n) is 3.52. The van der Waals surface area contributed by atoms with E-state index in [-0.39, 0.29) is 5.82 Å². The van der Waals surface area contributed by atoms with E-state index in [1.807, 2.05) is 0 Å². The molecule has 0 aliphatic heterocycles. The molecule has 1 aromatic rings. The van der Waals surface area contributed by atoms with Crippen molar-refractivity contribution >= 4 is 17.3 Å². The van der Waals surface area contributed by atoms with Crippen LogP contribution in [0.2, 0.25) is 5.02 Å². The van der Waals surface area contributed by atoms with Crippen LogP contribution in [0.25, 0.3) is 0 Å². The molecule has 1 N–H and O–H groups in total. The lowest BCUT2D eigenvalue weighted by molar-refractivity contribution is 0.141. The molecule has 2 nitrogen and oxygen atoms in total. The van der Waals surface area contributed by atoms with Gasteiger partial charge in [0.25, 0.3) is 0 Å². The van der Waals surface area contributed by atoms with Crippen LogP contribution in [0.5, 0.6) is 0 Å². The van der Waals surface area contributed by atoms with E-state index in [9.17, 15) is 4.39 Å². The maximum atomic E-state index is 12.7. The van der Waals surface area contributed by atoms with Crippen molar-refractivity contribution in [3.63, 3.8) is 0 Å². The second-order valence-corrected chi connectivity index (χ2v) is 3.92. The molecule has 0 fully saturated rings. The molecule has 0 aliphatic rings. The van der Waals surface area contributed by atoms with E-state index in [0.717, 1.165) is 25.1 Å². The Morgan fingerprint density at radius 1 is 1.38 bits per heavy atom. The molecule has 16 heavy (non-hydrogen) atoms. The number of unbranched alkanes of at least 4 members (excludes halogenated alkanes) is 1. The van der Waals surface area contributed by atoms with Gasteiger partial charge in [0, 0.05) is 13.2 Å². The first kappa shape index (κ1) is 13.3. The highest BCUT2D eigenvalue weighted by atomic mass is 35.5. The van der Waals surface area contributed by atoms with Crippen LogP contribution >= 0.6 is 11.6 Å². The van der Waals surface area contributed by atoms with Crippen LogP contribution < -0.4 is 5.32 Å². The molecule has 0 aromatic heterocycles. The Labute approximate surface area is 101 Å². The monoisotopic (exact) mass is 245 g/mol. The summed E-state index contributed by atoms with van der Waals surface area (Å²) in [6, 6.07) is 4.30. The third-order valence-electron chi connectivity index (χ3n) is 2.14. The smallest absolute Gasteiger partial charge is 0.124 e. The van der Waals surface area contributed by atoms with Gasteiger partial charge >= 0.3 is 0 Å². The van der Waals surface area contributed by atoms with Crippen LogP contribution in [0, 0.1) is 5.82 Å². The summed E-state index contributed by atoms with van der Waals surface area (Å²) in [5, 5.41) is 3.49. The zero-order valence-corrected chi connectivity index (χ0v) is 10.2. The van der Waals surface area contributed by atoms with Crippen molar-refractivity contribution < 1.29 is 9.13 Å². The van der Waals surface area contributed by atoms with Gasteiger partial charge in [-0.25, -0.2) is 4.39 Å². The number of benzene rings is 1. The summed E-state index contributed by atoms with van der Waals surface area (Å²) in [7, 11) is 0. The van der Waals surface area contributed by atoms with Crippen molar-refractivity contribution in [3.8, 4) is 0 Å². The molecule has 1 aromatic carbocycles. The van der Waals surface area contributed by atoms with Crippen molar-refractivity contribution in [2.24, 2.45) is 0 Å². The molecule has 0 saturated carbocycles. The highest BCUT2D eigenvalue weighted by Gasteiger charge is 2.00. The van der Waals surface area contributed by atoms with Gasteiger partial charge in [-0.3, -0.25) is 0 Å². The first-order valence-corrected chi connectivity index (χ1v) is 5.88. The summed E-state index contributed by atoms with van der Waals surface area (Å²) in [5.74, 6) is -0.324. The minimum absolute atomic E-state index is 0.324. The first-order chi connectivity index (χ1) is 7.74. The van der Waals surface area contributed by atoms with Crippen molar-refractivity contribution in [2.45, 2.75) is 19.8 Å². The molecular formula is C12H17ClFNO. The van der Waals surface area contributed by atoms with Crippen LogP contribution in [-0.2, 0) is 4.74 Å². The minimum atomic E-state index is -0.324. The fraction of sp³-hybridized carbons (Fsp3) is 0.500. The highest BCUT2D eigenvalue weighted by molar-refractivity contribution is 6.33. The lowest BCUT2D eigenvalue weighted by Gasteiger charge is -2.08. The molecule has 0 amide bonds. The zero-order valence-electron chi connectivity index (χ0n) is 9.43. The molecule has 0 bridgehead atoms. The lowest BCUT2D eigenvalue weighted by atomic mass is 10.3. The Morgan fingerprint density at radius 2 is 2.19 bits per heavy atom. The predicted octanol–water partition coefficient (Wildman–Crippen LogP) is 3.71. The van der Waals surface area contributed by atoms with E-state index in [0.29, 0.717) is 18.2 Å². The van der Waals surface area contributed by atoms with E-state index in [1.54, 1.807) is 6.07 Å². The maximum absolute atomic E-state index is 12.7. The van der Waals surface area contributed by atoms with Gasteiger partial charge in [0.2, 0.25) is 0 Å². The number of halogens is 2. The average Bonchev–Trinajstić information content (AvgIpc) is 2.26. The van der Waals surface area contributed by atoms with E-state index in [2.05, 4.69) is 12.2 Å². The molecular weight excluding hydrogens is 229 g/mol. The third-order valence-corrected chi connectivity index (χ3v) is 2.45. The molecule has 0 heterocycles. The first-order valence-electron chi connectivity index (χ1n) is 5.50. The molecule has 0 radical (unpaired) electrons. The van der Waals surface area contributed by atoms with E-state index < -0.39 is 0 Å². The topological polar surface area (TPSA) is 21.3 Å². The van der Waals surface area contributed by atoms with Crippen molar-refractivity contribution in [1.29, 1.82) is 0 Å². The Balaban J connectivity index is 2.21. The molecule has 0 atom stereocenters. The predicted molar refractivity (Wildman–Crippen MR) is 65.6 cm³/mol. The third kappa shape index (κ3) is 4.81. The molecule has 1 rings (SSSR count). The summed E-state index contributed by atoms with van der Waals surface area (Å²) in [6.07, 6.45) is 2.22. The van der Waals surface area contributed by atoms with E-state index in [1.165, 1.54) is 12.1 Å². The van der Waals surface area contributed by atoms with Gasteiger partial charge in [-0.15, -0.1) is 0 Å². The fourth-order valence-corrected chi connectivity index (χ4v) is 1.47. The average molecular weight is 246 g/mol. The van der Waals surface area contributed by atoms with Crippen LogP contribution in [0.1, 0.15) is 19.8 Å². The van der Waals surface area contributed by atoms with Crippen LogP contribution in [-0.4, -0.2) is 19.8 Å². The number of hydrogen-bond acceptors (Lipinski definition) is 2. The van der Waals surface area contributed by atoms with Crippen molar-refractivity contribution in [2.75, 3.05) is 25.1 Å². The van der Waals surface area contributed by atoms with Crippen molar-refractivity contribution in [1.82, 2.24) is 0 Å². The van der Waals surface area contributed by atoms with E-state index in [4.69, 9.17) is 16.3 Å². The number of anilines is 1. The van der Waals surface area contributed by atoms with Gasteiger partial charge in [-0.1, -0.05) is 24.9 Å². The normalized spacial score (nSPS) is 10.4. The van der Waals surface area contributed by atoms with Crippen molar-refractivity contribution in [3.05, 3.63) is 29.0 Å². The number of ether oxygens (including phenoxy) is 1. The van der Waals surface area contributed by atoms with Gasteiger partial charge in [-0.2, -0.15) is 0 Å². The highest BCUT2D eigenvalue weighted by Crippen LogP contribution is 2.21. The Bertz CT molecular complexity index is 320. The summed E-state index contributed by atoms with van der Waals surface area (Å²) in [6.45, 7) is 4.22. The quantitative estimate of drug-likeness (QED) is 0.740. The number of hydrogen-bond donors (Lipinski definition) is 1. The molecule has 0 aliphatic carbocycles. The largest absolute Gasteiger partial charge is 0.382 e. The summed E-state index contributed by atoms with van der Waals surface area (Å²) in [4.78, 5) is 0. The fourth-order valence-electron chi connectivity index (χ4n) is 1.24. The molecule has 0 spiro atoms. The molecule has 90 valence electrons. The Kier molecular flexibility index (Phi) is 6.19. The number of rotatable bonds is 7. The van der Waals surface area contributed by atoms with E-state index >= 15 is 0 Å². The zero-order chi connectivity index (χ0) is 11.8. The van der Waals surface area contributed by atoms with Gasteiger partial charge < -0.3 is 10.1 Å². The molecule has 4 heteroatoms. The summed E-state index contributed by atoms with van der Waals surface area (Å²) < 4.78 is 18.1. The molecule has 0 saturated heterocycles.